The first kappa shape index (κ1) is 15.7. The normalized spacial score (nSPS) is 15.8. The molecule has 0 bridgehead atoms. The van der Waals surface area contributed by atoms with Crippen LogP contribution in [0.15, 0.2) is 29.1 Å². The van der Waals surface area contributed by atoms with Gasteiger partial charge in [-0.3, -0.25) is 9.36 Å². The Labute approximate surface area is 144 Å². The van der Waals surface area contributed by atoms with Gasteiger partial charge in [-0.15, -0.1) is 0 Å². The second-order valence-corrected chi connectivity index (χ2v) is 6.79. The molecule has 1 aliphatic heterocycles. The predicted octanol–water partition coefficient (Wildman–Crippen LogP) is 1.92. The number of fused-ring (bicyclic) bond motifs is 1. The van der Waals surface area contributed by atoms with Crippen LogP contribution in [-0.2, 0) is 7.05 Å². The first-order valence-corrected chi connectivity index (χ1v) is 8.53. The number of hydrogen-bond acceptors (Lipinski definition) is 3. The van der Waals surface area contributed by atoms with Crippen LogP contribution in [-0.4, -0.2) is 43.6 Å². The van der Waals surface area contributed by atoms with Crippen LogP contribution in [0.1, 0.15) is 40.6 Å². The van der Waals surface area contributed by atoms with E-state index in [0.29, 0.717) is 18.8 Å². The standard InChI is InChI=1S/C18H21N5O2/c1-11-3-4-14-13(9-11)10-15(19-14)17(24)23-7-5-12(6-8-23)16-20-21-18(25)22(16)2/h3-4,9-10,12,19H,5-8H2,1-2H3,(H,21,25). The summed E-state index contributed by atoms with van der Waals surface area (Å²) in [5, 5.41) is 7.67. The zero-order chi connectivity index (χ0) is 17.6. The molecule has 0 saturated carbocycles. The summed E-state index contributed by atoms with van der Waals surface area (Å²) >= 11 is 0. The Morgan fingerprint density at radius 2 is 2.00 bits per heavy atom. The maximum atomic E-state index is 12.8. The quantitative estimate of drug-likeness (QED) is 0.748. The molecule has 1 aromatic carbocycles. The molecular formula is C18H21N5O2. The molecule has 1 saturated heterocycles. The first-order chi connectivity index (χ1) is 12.0. The molecule has 4 rings (SSSR count). The fraction of sp³-hybridized carbons (Fsp3) is 0.389. The Morgan fingerprint density at radius 3 is 2.68 bits per heavy atom. The minimum Gasteiger partial charge on any atom is -0.351 e. The summed E-state index contributed by atoms with van der Waals surface area (Å²) in [6.45, 7) is 3.37. The predicted molar refractivity (Wildman–Crippen MR) is 94.7 cm³/mol. The summed E-state index contributed by atoms with van der Waals surface area (Å²) < 4.78 is 1.56. The molecule has 130 valence electrons. The van der Waals surface area contributed by atoms with E-state index in [2.05, 4.69) is 21.2 Å². The number of carbonyl (C=O) groups excluding carboxylic acids is 1. The van der Waals surface area contributed by atoms with E-state index in [1.54, 1.807) is 11.6 Å². The fourth-order valence-corrected chi connectivity index (χ4v) is 3.60. The number of aromatic amines is 2. The van der Waals surface area contributed by atoms with Gasteiger partial charge in [0.25, 0.3) is 5.91 Å². The average molecular weight is 339 g/mol. The van der Waals surface area contributed by atoms with Gasteiger partial charge in [-0.1, -0.05) is 11.6 Å². The van der Waals surface area contributed by atoms with E-state index in [9.17, 15) is 9.59 Å². The summed E-state index contributed by atoms with van der Waals surface area (Å²) in [7, 11) is 1.73. The zero-order valence-corrected chi connectivity index (χ0v) is 14.4. The molecule has 2 aromatic heterocycles. The molecular weight excluding hydrogens is 318 g/mol. The number of nitrogens with zero attached hydrogens (tertiary/aromatic N) is 3. The van der Waals surface area contributed by atoms with Gasteiger partial charge in [-0.25, -0.2) is 9.89 Å². The lowest BCUT2D eigenvalue weighted by atomic mass is 9.96. The topological polar surface area (TPSA) is 86.8 Å². The van der Waals surface area contributed by atoms with Crippen molar-refractivity contribution in [2.45, 2.75) is 25.7 Å². The second-order valence-electron chi connectivity index (χ2n) is 6.79. The molecule has 0 atom stereocenters. The second kappa shape index (κ2) is 5.91. The van der Waals surface area contributed by atoms with Gasteiger partial charge in [0.1, 0.15) is 11.5 Å². The van der Waals surface area contributed by atoms with Crippen LogP contribution >= 0.6 is 0 Å². The van der Waals surface area contributed by atoms with Gasteiger partial charge in [0.15, 0.2) is 0 Å². The van der Waals surface area contributed by atoms with Crippen LogP contribution < -0.4 is 5.69 Å². The summed E-state index contributed by atoms with van der Waals surface area (Å²) in [4.78, 5) is 29.4. The van der Waals surface area contributed by atoms with Crippen molar-refractivity contribution in [1.82, 2.24) is 24.6 Å². The number of H-pyrrole nitrogens is 2. The highest BCUT2D eigenvalue weighted by Crippen LogP contribution is 2.27. The van der Waals surface area contributed by atoms with Gasteiger partial charge >= 0.3 is 5.69 Å². The molecule has 25 heavy (non-hydrogen) atoms. The average Bonchev–Trinajstić information content (AvgIpc) is 3.18. The Balaban J connectivity index is 1.48. The van der Waals surface area contributed by atoms with Gasteiger partial charge in [-0.05, 0) is 38.0 Å². The molecule has 3 heterocycles. The highest BCUT2D eigenvalue weighted by Gasteiger charge is 2.28. The van der Waals surface area contributed by atoms with Crippen LogP contribution in [0.3, 0.4) is 0 Å². The lowest BCUT2D eigenvalue weighted by Gasteiger charge is -2.31. The first-order valence-electron chi connectivity index (χ1n) is 8.53. The van der Waals surface area contributed by atoms with E-state index in [0.717, 1.165) is 29.6 Å². The Hall–Kier alpha value is -2.83. The maximum Gasteiger partial charge on any atom is 0.343 e. The number of piperidine rings is 1. The summed E-state index contributed by atoms with van der Waals surface area (Å²) in [5.74, 6) is 1.01. The Bertz CT molecular complexity index is 988. The molecule has 0 aliphatic carbocycles. The van der Waals surface area contributed by atoms with Crippen molar-refractivity contribution >= 4 is 16.8 Å². The van der Waals surface area contributed by atoms with Crippen molar-refractivity contribution in [3.63, 3.8) is 0 Å². The van der Waals surface area contributed by atoms with Gasteiger partial charge in [0.2, 0.25) is 0 Å². The number of carbonyl (C=O) groups is 1. The lowest BCUT2D eigenvalue weighted by Crippen LogP contribution is -2.38. The molecule has 1 fully saturated rings. The third kappa shape index (κ3) is 2.75. The third-order valence-electron chi connectivity index (χ3n) is 5.07. The number of aromatic nitrogens is 4. The van der Waals surface area contributed by atoms with E-state index in [4.69, 9.17) is 0 Å². The number of benzene rings is 1. The summed E-state index contributed by atoms with van der Waals surface area (Å²) in [5.41, 5.74) is 2.60. The van der Waals surface area contributed by atoms with Crippen molar-refractivity contribution in [3.8, 4) is 0 Å². The molecule has 2 N–H and O–H groups in total. The molecule has 0 radical (unpaired) electrons. The minimum atomic E-state index is -0.193. The largest absolute Gasteiger partial charge is 0.351 e. The van der Waals surface area contributed by atoms with E-state index >= 15 is 0 Å². The number of nitrogens with one attached hydrogen (secondary N) is 2. The van der Waals surface area contributed by atoms with E-state index in [1.165, 1.54) is 5.56 Å². The molecule has 1 amide bonds. The van der Waals surface area contributed by atoms with Crippen LogP contribution in [0.5, 0.6) is 0 Å². The van der Waals surface area contributed by atoms with E-state index < -0.39 is 0 Å². The van der Waals surface area contributed by atoms with Crippen molar-refractivity contribution < 1.29 is 4.79 Å². The Kier molecular flexibility index (Phi) is 3.71. The van der Waals surface area contributed by atoms with Crippen LogP contribution in [0.2, 0.25) is 0 Å². The van der Waals surface area contributed by atoms with Gasteiger partial charge in [-0.2, -0.15) is 5.10 Å². The fourth-order valence-electron chi connectivity index (χ4n) is 3.60. The van der Waals surface area contributed by atoms with Crippen molar-refractivity contribution in [2.75, 3.05) is 13.1 Å². The maximum absolute atomic E-state index is 12.8. The van der Waals surface area contributed by atoms with Crippen LogP contribution in [0.25, 0.3) is 10.9 Å². The van der Waals surface area contributed by atoms with E-state index in [1.807, 2.05) is 30.0 Å². The van der Waals surface area contributed by atoms with E-state index in [-0.39, 0.29) is 17.5 Å². The molecule has 0 spiro atoms. The smallest absolute Gasteiger partial charge is 0.343 e. The molecule has 3 aromatic rings. The van der Waals surface area contributed by atoms with Crippen molar-refractivity contribution in [2.24, 2.45) is 7.05 Å². The number of aryl methyl sites for hydroxylation is 1. The van der Waals surface area contributed by atoms with Crippen LogP contribution in [0, 0.1) is 6.92 Å². The summed E-state index contributed by atoms with van der Waals surface area (Å²) in [6.07, 6.45) is 1.62. The molecule has 7 nitrogen and oxygen atoms in total. The minimum absolute atomic E-state index is 0.0308. The van der Waals surface area contributed by atoms with Gasteiger partial charge in [0, 0.05) is 37.0 Å². The highest BCUT2D eigenvalue weighted by atomic mass is 16.2. The monoisotopic (exact) mass is 339 g/mol. The van der Waals surface area contributed by atoms with Gasteiger partial charge in [0.05, 0.1) is 0 Å². The van der Waals surface area contributed by atoms with Crippen molar-refractivity contribution in [1.29, 1.82) is 0 Å². The SMILES string of the molecule is Cc1ccc2[nH]c(C(=O)N3CCC(c4n[nH]c(=O)n4C)CC3)cc2c1. The van der Waals surface area contributed by atoms with Gasteiger partial charge < -0.3 is 9.88 Å². The molecule has 1 aliphatic rings. The highest BCUT2D eigenvalue weighted by molar-refractivity contribution is 5.98. The Morgan fingerprint density at radius 1 is 1.24 bits per heavy atom. The van der Waals surface area contributed by atoms with Crippen LogP contribution in [0.4, 0.5) is 0 Å². The molecule has 0 unspecified atom stereocenters. The lowest BCUT2D eigenvalue weighted by molar-refractivity contribution is 0.0705. The third-order valence-corrected chi connectivity index (χ3v) is 5.07. The number of rotatable bonds is 2. The zero-order valence-electron chi connectivity index (χ0n) is 14.4. The molecule has 7 heteroatoms. The summed E-state index contributed by atoms with van der Waals surface area (Å²) in [6, 6.07) is 8.04. The number of hydrogen-bond donors (Lipinski definition) is 2. The number of amides is 1. The van der Waals surface area contributed by atoms with Crippen molar-refractivity contribution in [3.05, 3.63) is 51.8 Å². The number of likely N-dealkylation sites (tertiary alicyclic amines) is 1.